The van der Waals surface area contributed by atoms with Crippen molar-refractivity contribution in [3.05, 3.63) is 16.5 Å². The Morgan fingerprint density at radius 3 is 2.25 bits per heavy atom. The Kier molecular flexibility index (Phi) is 5.40. The van der Waals surface area contributed by atoms with Gasteiger partial charge >= 0.3 is 6.18 Å². The molecule has 1 aromatic rings. The van der Waals surface area contributed by atoms with E-state index in [1.807, 2.05) is 27.7 Å². The predicted molar refractivity (Wildman–Crippen MR) is 77.0 cm³/mol. The monoisotopic (exact) mass is 353 g/mol. The maximum Gasteiger partial charge on any atom is 0.405 e. The molecule has 3 nitrogen and oxygen atoms in total. The van der Waals surface area contributed by atoms with E-state index in [0.717, 1.165) is 0 Å². The van der Waals surface area contributed by atoms with Gasteiger partial charge in [-0.2, -0.15) is 13.2 Å². The molecule has 114 valence electrons. The van der Waals surface area contributed by atoms with Crippen molar-refractivity contribution in [3.63, 3.8) is 0 Å². The number of halogens is 4. The molecule has 1 heterocycles. The maximum atomic E-state index is 12.7. The van der Waals surface area contributed by atoms with Gasteiger partial charge in [0.05, 0.1) is 0 Å². The maximum absolute atomic E-state index is 12.7. The minimum Gasteiger partial charge on any atom is -0.347 e. The van der Waals surface area contributed by atoms with Gasteiger partial charge < -0.3 is 4.90 Å². The summed E-state index contributed by atoms with van der Waals surface area (Å²) in [4.78, 5) is 9.77. The summed E-state index contributed by atoms with van der Waals surface area (Å²) in [6, 6.07) is 1.52. The summed E-state index contributed by atoms with van der Waals surface area (Å²) < 4.78 is 38.5. The topological polar surface area (TPSA) is 29.0 Å². The second kappa shape index (κ2) is 6.28. The van der Waals surface area contributed by atoms with Gasteiger partial charge in [-0.1, -0.05) is 27.7 Å². The number of anilines is 1. The van der Waals surface area contributed by atoms with Crippen molar-refractivity contribution in [1.82, 2.24) is 9.97 Å². The Balaban J connectivity index is 3.16. The van der Waals surface area contributed by atoms with E-state index in [2.05, 4.69) is 25.9 Å². The number of rotatable bonds is 4. The minimum atomic E-state index is -4.26. The summed E-state index contributed by atoms with van der Waals surface area (Å²) in [7, 11) is 0. The summed E-state index contributed by atoms with van der Waals surface area (Å²) in [5, 5.41) is 0. The summed E-state index contributed by atoms with van der Waals surface area (Å²) in [6.07, 6.45) is -3.64. The van der Waals surface area contributed by atoms with E-state index in [1.165, 1.54) is 11.0 Å². The van der Waals surface area contributed by atoms with Crippen LogP contribution in [0.4, 0.5) is 19.0 Å². The fourth-order valence-electron chi connectivity index (χ4n) is 1.66. The van der Waals surface area contributed by atoms with Crippen molar-refractivity contribution in [2.75, 3.05) is 18.0 Å². The van der Waals surface area contributed by atoms with Crippen LogP contribution in [0.3, 0.4) is 0 Å². The van der Waals surface area contributed by atoms with E-state index in [-0.39, 0.29) is 5.41 Å². The normalized spacial score (nSPS) is 12.6. The molecule has 0 aliphatic heterocycles. The molecule has 0 amide bonds. The van der Waals surface area contributed by atoms with E-state index in [1.54, 1.807) is 0 Å². The van der Waals surface area contributed by atoms with Crippen LogP contribution >= 0.6 is 15.9 Å². The molecule has 0 aromatic carbocycles. The first-order valence-electron chi connectivity index (χ1n) is 6.39. The van der Waals surface area contributed by atoms with Crippen molar-refractivity contribution in [2.24, 2.45) is 0 Å². The second-order valence-corrected chi connectivity index (χ2v) is 6.47. The van der Waals surface area contributed by atoms with Crippen LogP contribution in [0.15, 0.2) is 10.7 Å². The zero-order valence-electron chi connectivity index (χ0n) is 12.1. The van der Waals surface area contributed by atoms with Gasteiger partial charge in [0.25, 0.3) is 0 Å². The highest BCUT2D eigenvalue weighted by atomic mass is 79.9. The fourth-order valence-corrected chi connectivity index (χ4v) is 2.04. The van der Waals surface area contributed by atoms with Crippen LogP contribution < -0.4 is 4.90 Å². The second-order valence-electron chi connectivity index (χ2n) is 5.66. The molecule has 7 heteroatoms. The number of nitrogens with zero attached hydrogens (tertiary/aromatic N) is 3. The van der Waals surface area contributed by atoms with Crippen LogP contribution in [0.1, 0.15) is 39.9 Å². The zero-order valence-corrected chi connectivity index (χ0v) is 13.6. The molecule has 0 N–H and O–H groups in total. The quantitative estimate of drug-likeness (QED) is 0.755. The van der Waals surface area contributed by atoms with Crippen molar-refractivity contribution in [1.29, 1.82) is 0 Å². The first-order valence-corrected chi connectivity index (χ1v) is 7.19. The lowest BCUT2D eigenvalue weighted by molar-refractivity contribution is -0.119. The molecule has 0 radical (unpaired) electrons. The zero-order chi connectivity index (χ0) is 15.6. The molecule has 0 saturated carbocycles. The standard InChI is InChI=1S/C13H19BrF3N3/c1-5-6-20(8-13(15,16)17)10-7-9(14)18-11(19-10)12(2,3)4/h7H,5-6,8H2,1-4H3. The van der Waals surface area contributed by atoms with Crippen LogP contribution in [0.25, 0.3) is 0 Å². The third-order valence-corrected chi connectivity index (χ3v) is 2.95. The first-order chi connectivity index (χ1) is 9.03. The van der Waals surface area contributed by atoms with Crippen LogP contribution in [0.2, 0.25) is 0 Å². The lowest BCUT2D eigenvalue weighted by Gasteiger charge is -2.26. The van der Waals surface area contributed by atoms with Gasteiger partial charge in [0.1, 0.15) is 22.8 Å². The molecule has 0 atom stereocenters. The van der Waals surface area contributed by atoms with Gasteiger partial charge in [-0.25, -0.2) is 9.97 Å². The summed E-state index contributed by atoms with van der Waals surface area (Å²) >= 11 is 3.25. The van der Waals surface area contributed by atoms with E-state index >= 15 is 0 Å². The van der Waals surface area contributed by atoms with E-state index < -0.39 is 12.7 Å². The van der Waals surface area contributed by atoms with E-state index in [9.17, 15) is 13.2 Å². The van der Waals surface area contributed by atoms with Gasteiger partial charge in [-0.3, -0.25) is 0 Å². The lowest BCUT2D eigenvalue weighted by atomic mass is 9.96. The summed E-state index contributed by atoms with van der Waals surface area (Å²) in [5.41, 5.74) is -0.325. The van der Waals surface area contributed by atoms with Crippen LogP contribution in [-0.4, -0.2) is 29.2 Å². The summed E-state index contributed by atoms with van der Waals surface area (Å²) in [6.45, 7) is 6.90. The Morgan fingerprint density at radius 1 is 1.20 bits per heavy atom. The third-order valence-electron chi connectivity index (χ3n) is 2.54. The number of aromatic nitrogens is 2. The first kappa shape index (κ1) is 17.2. The van der Waals surface area contributed by atoms with Gasteiger partial charge in [-0.15, -0.1) is 0 Å². The molecule has 0 fully saturated rings. The Bertz CT molecular complexity index is 455. The summed E-state index contributed by atoms with van der Waals surface area (Å²) in [5.74, 6) is 0.820. The molecule has 0 saturated heterocycles. The smallest absolute Gasteiger partial charge is 0.347 e. The lowest BCUT2D eigenvalue weighted by Crippen LogP contribution is -2.36. The van der Waals surface area contributed by atoms with Crippen molar-refractivity contribution in [2.45, 2.75) is 45.7 Å². The Morgan fingerprint density at radius 2 is 1.80 bits per heavy atom. The van der Waals surface area contributed by atoms with Crippen LogP contribution in [-0.2, 0) is 5.41 Å². The highest BCUT2D eigenvalue weighted by Crippen LogP contribution is 2.26. The van der Waals surface area contributed by atoms with Crippen molar-refractivity contribution >= 4 is 21.7 Å². The van der Waals surface area contributed by atoms with E-state index in [0.29, 0.717) is 29.2 Å². The SMILES string of the molecule is CCCN(CC(F)(F)F)c1cc(Br)nc(C(C)(C)C)n1. The number of hydrogen-bond donors (Lipinski definition) is 0. The molecule has 0 spiro atoms. The molecule has 20 heavy (non-hydrogen) atoms. The molecule has 0 bridgehead atoms. The van der Waals surface area contributed by atoms with Gasteiger partial charge in [0.15, 0.2) is 0 Å². The van der Waals surface area contributed by atoms with Gasteiger partial charge in [-0.05, 0) is 22.4 Å². The van der Waals surface area contributed by atoms with Crippen LogP contribution in [0.5, 0.6) is 0 Å². The average molecular weight is 354 g/mol. The highest BCUT2D eigenvalue weighted by Gasteiger charge is 2.31. The van der Waals surface area contributed by atoms with E-state index in [4.69, 9.17) is 0 Å². The predicted octanol–water partition coefficient (Wildman–Crippen LogP) is 4.32. The molecule has 0 aliphatic carbocycles. The average Bonchev–Trinajstić information content (AvgIpc) is 2.24. The molecule has 0 unspecified atom stereocenters. The molecular formula is C13H19BrF3N3. The largest absolute Gasteiger partial charge is 0.405 e. The van der Waals surface area contributed by atoms with Gasteiger partial charge in [0, 0.05) is 18.0 Å². The van der Waals surface area contributed by atoms with Crippen molar-refractivity contribution < 1.29 is 13.2 Å². The molecular weight excluding hydrogens is 335 g/mol. The minimum absolute atomic E-state index is 0.298. The number of alkyl halides is 3. The molecule has 1 rings (SSSR count). The third kappa shape index (κ3) is 5.26. The number of hydrogen-bond acceptors (Lipinski definition) is 3. The fraction of sp³-hybridized carbons (Fsp3) is 0.692. The highest BCUT2D eigenvalue weighted by molar-refractivity contribution is 9.10. The Hall–Kier alpha value is -0.850. The Labute approximate surface area is 125 Å². The molecule has 0 aliphatic rings. The molecule has 1 aromatic heterocycles. The van der Waals surface area contributed by atoms with Crippen LogP contribution in [0, 0.1) is 0 Å². The van der Waals surface area contributed by atoms with Crippen molar-refractivity contribution in [3.8, 4) is 0 Å². The van der Waals surface area contributed by atoms with Gasteiger partial charge in [0.2, 0.25) is 0 Å².